The van der Waals surface area contributed by atoms with Gasteiger partial charge in [-0.25, -0.2) is 4.79 Å². The maximum Gasteiger partial charge on any atom is 0.419 e. The molecule has 0 aliphatic heterocycles. The first-order chi connectivity index (χ1) is 8.36. The average molecular weight is 245 g/mol. The number of aromatic nitrogens is 1. The third kappa shape index (κ3) is 1.76. The van der Waals surface area contributed by atoms with Crippen LogP contribution in [-0.2, 0) is 7.05 Å². The topological polar surface area (TPSA) is 62.2 Å². The minimum atomic E-state index is -0.622. The molecule has 1 aromatic heterocycles. The number of anilines is 1. The first kappa shape index (κ1) is 12.2. The molecule has 5 nitrogen and oxygen atoms in total. The second-order valence-electron chi connectivity index (χ2n) is 4.81. The SMILES string of the molecule is CN(c1ccc2c(c1)oc(=O)n2C)C(C)(C)C#N. The smallest absolute Gasteiger partial charge is 0.408 e. The van der Waals surface area contributed by atoms with Gasteiger partial charge in [0.2, 0.25) is 0 Å². The monoisotopic (exact) mass is 245 g/mol. The van der Waals surface area contributed by atoms with Crippen LogP contribution in [0.15, 0.2) is 27.4 Å². The highest BCUT2D eigenvalue weighted by Gasteiger charge is 2.23. The molecule has 0 amide bonds. The first-order valence-corrected chi connectivity index (χ1v) is 5.61. The summed E-state index contributed by atoms with van der Waals surface area (Å²) in [6.45, 7) is 3.66. The Morgan fingerprint density at radius 2 is 2.11 bits per heavy atom. The van der Waals surface area contributed by atoms with E-state index in [0.29, 0.717) is 5.58 Å². The van der Waals surface area contributed by atoms with Gasteiger partial charge in [-0.1, -0.05) is 0 Å². The van der Waals surface area contributed by atoms with Crippen LogP contribution in [0.5, 0.6) is 0 Å². The molecule has 18 heavy (non-hydrogen) atoms. The molecular weight excluding hydrogens is 230 g/mol. The van der Waals surface area contributed by atoms with Crippen LogP contribution in [0, 0.1) is 11.3 Å². The van der Waals surface area contributed by atoms with Gasteiger partial charge in [-0.15, -0.1) is 0 Å². The van der Waals surface area contributed by atoms with E-state index in [-0.39, 0.29) is 5.76 Å². The van der Waals surface area contributed by atoms with Gasteiger partial charge in [0.05, 0.1) is 11.6 Å². The number of aryl methyl sites for hydroxylation is 1. The van der Waals surface area contributed by atoms with Crippen molar-refractivity contribution in [2.24, 2.45) is 7.05 Å². The van der Waals surface area contributed by atoms with E-state index in [0.717, 1.165) is 11.2 Å². The third-order valence-corrected chi connectivity index (χ3v) is 3.28. The van der Waals surface area contributed by atoms with Crippen LogP contribution in [0.25, 0.3) is 11.1 Å². The van der Waals surface area contributed by atoms with Gasteiger partial charge in [0, 0.05) is 25.8 Å². The Morgan fingerprint density at radius 3 is 2.72 bits per heavy atom. The van der Waals surface area contributed by atoms with Crippen molar-refractivity contribution in [2.45, 2.75) is 19.4 Å². The van der Waals surface area contributed by atoms with E-state index in [1.54, 1.807) is 13.1 Å². The molecular formula is C13H15N3O2. The maximum atomic E-state index is 11.4. The summed E-state index contributed by atoms with van der Waals surface area (Å²) < 4.78 is 6.59. The second kappa shape index (κ2) is 3.91. The van der Waals surface area contributed by atoms with E-state index in [4.69, 9.17) is 9.68 Å². The predicted octanol–water partition coefficient (Wildman–Crippen LogP) is 1.87. The molecule has 0 bridgehead atoms. The zero-order valence-corrected chi connectivity index (χ0v) is 10.9. The molecule has 1 aromatic carbocycles. The van der Waals surface area contributed by atoms with Crippen molar-refractivity contribution < 1.29 is 4.42 Å². The summed E-state index contributed by atoms with van der Waals surface area (Å²) in [5.74, 6) is -0.385. The van der Waals surface area contributed by atoms with Crippen molar-refractivity contribution in [2.75, 3.05) is 11.9 Å². The van der Waals surface area contributed by atoms with E-state index in [9.17, 15) is 4.79 Å². The number of nitrogens with zero attached hydrogens (tertiary/aromatic N) is 3. The van der Waals surface area contributed by atoms with Crippen LogP contribution in [0.4, 0.5) is 5.69 Å². The lowest BCUT2D eigenvalue weighted by Gasteiger charge is -2.31. The minimum Gasteiger partial charge on any atom is -0.408 e. The number of hydrogen-bond acceptors (Lipinski definition) is 4. The summed E-state index contributed by atoms with van der Waals surface area (Å²) in [4.78, 5) is 13.2. The Balaban J connectivity index is 2.55. The number of oxazole rings is 1. The molecule has 0 unspecified atom stereocenters. The lowest BCUT2D eigenvalue weighted by Crippen LogP contribution is -2.39. The molecule has 0 aliphatic rings. The summed E-state index contributed by atoms with van der Waals surface area (Å²) in [5, 5.41) is 9.12. The number of nitriles is 1. The largest absolute Gasteiger partial charge is 0.419 e. The van der Waals surface area contributed by atoms with Crippen molar-refractivity contribution >= 4 is 16.8 Å². The number of benzene rings is 1. The quantitative estimate of drug-likeness (QED) is 0.810. The lowest BCUT2D eigenvalue weighted by molar-refractivity contribution is 0.527. The Morgan fingerprint density at radius 1 is 1.44 bits per heavy atom. The maximum absolute atomic E-state index is 11.4. The van der Waals surface area contributed by atoms with E-state index < -0.39 is 5.54 Å². The molecule has 0 saturated carbocycles. The van der Waals surface area contributed by atoms with Crippen LogP contribution in [0.1, 0.15) is 13.8 Å². The lowest BCUT2D eigenvalue weighted by atomic mass is 10.1. The number of rotatable bonds is 2. The standard InChI is InChI=1S/C13H15N3O2/c1-13(2,8-14)16(4)9-5-6-10-11(7-9)18-12(17)15(10)3/h5-7H,1-4H3. The highest BCUT2D eigenvalue weighted by atomic mass is 16.4. The molecule has 0 spiro atoms. The van der Waals surface area contributed by atoms with Crippen molar-refractivity contribution in [1.82, 2.24) is 4.57 Å². The van der Waals surface area contributed by atoms with Gasteiger partial charge < -0.3 is 9.32 Å². The molecule has 94 valence electrons. The normalized spacial score (nSPS) is 11.5. The van der Waals surface area contributed by atoms with Crippen molar-refractivity contribution in [3.63, 3.8) is 0 Å². The number of hydrogen-bond donors (Lipinski definition) is 0. The summed E-state index contributed by atoms with van der Waals surface area (Å²) in [7, 11) is 3.50. The Labute approximate surface area is 105 Å². The molecule has 0 saturated heterocycles. The van der Waals surface area contributed by atoms with Gasteiger partial charge in [-0.05, 0) is 26.0 Å². The Bertz CT molecular complexity index is 688. The number of fused-ring (bicyclic) bond motifs is 1. The summed E-state index contributed by atoms with van der Waals surface area (Å²) in [6, 6.07) is 7.70. The van der Waals surface area contributed by atoms with Gasteiger partial charge in [0.15, 0.2) is 5.58 Å². The molecule has 2 rings (SSSR count). The third-order valence-electron chi connectivity index (χ3n) is 3.28. The molecule has 5 heteroatoms. The molecule has 0 N–H and O–H groups in total. The summed E-state index contributed by atoms with van der Waals surface area (Å²) in [5.41, 5.74) is 1.49. The second-order valence-corrected chi connectivity index (χ2v) is 4.81. The average Bonchev–Trinajstić information content (AvgIpc) is 2.63. The minimum absolute atomic E-state index is 0.385. The van der Waals surface area contributed by atoms with E-state index in [1.807, 2.05) is 37.9 Å². The van der Waals surface area contributed by atoms with Crippen LogP contribution in [0.3, 0.4) is 0 Å². The van der Waals surface area contributed by atoms with Gasteiger partial charge in [-0.2, -0.15) is 5.26 Å². The van der Waals surface area contributed by atoms with Crippen molar-refractivity contribution in [3.8, 4) is 6.07 Å². The highest BCUT2D eigenvalue weighted by Crippen LogP contribution is 2.25. The molecule has 1 heterocycles. The van der Waals surface area contributed by atoms with Crippen LogP contribution in [-0.4, -0.2) is 17.2 Å². The Hall–Kier alpha value is -2.22. The molecule has 0 aliphatic carbocycles. The van der Waals surface area contributed by atoms with E-state index in [1.165, 1.54) is 4.57 Å². The molecule has 2 aromatic rings. The van der Waals surface area contributed by atoms with Gasteiger partial charge >= 0.3 is 5.76 Å². The Kier molecular flexibility index (Phi) is 2.66. The molecule has 0 atom stereocenters. The fraction of sp³-hybridized carbons (Fsp3) is 0.385. The fourth-order valence-corrected chi connectivity index (χ4v) is 1.73. The van der Waals surface area contributed by atoms with E-state index in [2.05, 4.69) is 6.07 Å². The predicted molar refractivity (Wildman–Crippen MR) is 69.6 cm³/mol. The zero-order valence-electron chi connectivity index (χ0n) is 10.9. The van der Waals surface area contributed by atoms with Gasteiger partial charge in [-0.3, -0.25) is 4.57 Å². The van der Waals surface area contributed by atoms with Gasteiger partial charge in [0.1, 0.15) is 5.54 Å². The van der Waals surface area contributed by atoms with Crippen molar-refractivity contribution in [1.29, 1.82) is 5.26 Å². The van der Waals surface area contributed by atoms with E-state index >= 15 is 0 Å². The zero-order chi connectivity index (χ0) is 13.5. The fourth-order valence-electron chi connectivity index (χ4n) is 1.73. The summed E-state index contributed by atoms with van der Waals surface area (Å²) in [6.07, 6.45) is 0. The van der Waals surface area contributed by atoms with Crippen LogP contribution < -0.4 is 10.7 Å². The van der Waals surface area contributed by atoms with Crippen LogP contribution >= 0.6 is 0 Å². The van der Waals surface area contributed by atoms with Gasteiger partial charge in [0.25, 0.3) is 0 Å². The summed E-state index contributed by atoms with van der Waals surface area (Å²) >= 11 is 0. The van der Waals surface area contributed by atoms with Crippen molar-refractivity contribution in [3.05, 3.63) is 28.7 Å². The highest BCUT2D eigenvalue weighted by molar-refractivity contribution is 5.78. The van der Waals surface area contributed by atoms with Crippen LogP contribution in [0.2, 0.25) is 0 Å². The molecule has 0 fully saturated rings. The molecule has 0 radical (unpaired) electrons. The first-order valence-electron chi connectivity index (χ1n) is 5.61.